The molecule has 28 heavy (non-hydrogen) atoms. The van der Waals surface area contributed by atoms with Crippen LogP contribution in [-0.4, -0.2) is 65.3 Å². The van der Waals surface area contributed by atoms with Crippen LogP contribution in [0.4, 0.5) is 0 Å². The molecular weight excluding hydrogens is 370 g/mol. The summed E-state index contributed by atoms with van der Waals surface area (Å²) in [6.45, 7) is 6.73. The number of thiophene rings is 1. The van der Waals surface area contributed by atoms with Crippen molar-refractivity contribution in [1.29, 1.82) is 0 Å². The van der Waals surface area contributed by atoms with Gasteiger partial charge in [-0.1, -0.05) is 45.1 Å². The molecule has 0 atom stereocenters. The lowest BCUT2D eigenvalue weighted by Crippen LogP contribution is -2.48. The van der Waals surface area contributed by atoms with Crippen molar-refractivity contribution < 1.29 is 9.59 Å². The van der Waals surface area contributed by atoms with Gasteiger partial charge in [0, 0.05) is 37.1 Å². The normalized spacial score (nSPS) is 23.5. The third kappa shape index (κ3) is 3.77. The molecule has 1 saturated heterocycles. The molecule has 5 nitrogen and oxygen atoms in total. The summed E-state index contributed by atoms with van der Waals surface area (Å²) in [6.07, 6.45) is 7.83. The minimum absolute atomic E-state index is 0.0519. The van der Waals surface area contributed by atoms with Crippen molar-refractivity contribution in [3.05, 3.63) is 28.1 Å². The topological polar surface area (TPSA) is 43.9 Å². The van der Waals surface area contributed by atoms with Crippen molar-refractivity contribution in [2.45, 2.75) is 57.9 Å². The Balaban J connectivity index is 1.64. The second kappa shape index (κ2) is 8.78. The largest absolute Gasteiger partial charge is 0.364 e. The van der Waals surface area contributed by atoms with Crippen molar-refractivity contribution >= 4 is 28.7 Å². The van der Waals surface area contributed by atoms with E-state index >= 15 is 0 Å². The first-order valence-electron chi connectivity index (χ1n) is 10.8. The summed E-state index contributed by atoms with van der Waals surface area (Å²) in [4.78, 5) is 34.2. The minimum atomic E-state index is -0.0639. The number of carbonyl (C=O) groups excluding carboxylic acids is 2. The van der Waals surface area contributed by atoms with E-state index in [1.54, 1.807) is 16.2 Å². The fraction of sp³-hybridized carbons (Fsp3) is 0.636. The Morgan fingerprint density at radius 2 is 1.64 bits per heavy atom. The summed E-state index contributed by atoms with van der Waals surface area (Å²) in [5, 5.41) is 1.99. The predicted molar refractivity (Wildman–Crippen MR) is 113 cm³/mol. The van der Waals surface area contributed by atoms with Crippen LogP contribution in [0.2, 0.25) is 0 Å². The van der Waals surface area contributed by atoms with Crippen molar-refractivity contribution in [3.63, 3.8) is 0 Å². The molecule has 0 bridgehead atoms. The van der Waals surface area contributed by atoms with E-state index in [9.17, 15) is 9.59 Å². The van der Waals surface area contributed by atoms with Crippen molar-refractivity contribution in [2.75, 3.05) is 32.7 Å². The van der Waals surface area contributed by atoms with Gasteiger partial charge >= 0.3 is 0 Å². The summed E-state index contributed by atoms with van der Waals surface area (Å²) in [6, 6.07) is 4.01. The summed E-state index contributed by atoms with van der Waals surface area (Å²) >= 11 is 1.56. The van der Waals surface area contributed by atoms with Crippen LogP contribution < -0.4 is 0 Å². The molecule has 2 fully saturated rings. The molecule has 2 amide bonds. The standard InChI is InChI=1S/C22H31N3O2S/c1-2-23-12-14-24(15-13-23)20-19(18-11-8-16-28-18)21(26)25(22(20)27)17-9-6-4-3-5-7-10-17/h8,11,16-17H,2-7,9-10,12-15H2,1H3. The number of amides is 2. The van der Waals surface area contributed by atoms with Gasteiger partial charge in [-0.05, 0) is 30.8 Å². The van der Waals surface area contributed by atoms with E-state index in [2.05, 4.69) is 16.7 Å². The monoisotopic (exact) mass is 401 g/mol. The zero-order chi connectivity index (χ0) is 19.5. The van der Waals surface area contributed by atoms with Gasteiger partial charge in [0.05, 0.1) is 5.57 Å². The summed E-state index contributed by atoms with van der Waals surface area (Å²) in [5.74, 6) is -0.116. The van der Waals surface area contributed by atoms with E-state index in [4.69, 9.17) is 0 Å². The molecule has 3 aliphatic rings. The van der Waals surface area contributed by atoms with Crippen molar-refractivity contribution in [2.24, 2.45) is 0 Å². The van der Waals surface area contributed by atoms with Gasteiger partial charge in [0.15, 0.2) is 0 Å². The van der Waals surface area contributed by atoms with Crippen LogP contribution in [0, 0.1) is 0 Å². The Kier molecular flexibility index (Phi) is 6.16. The number of rotatable bonds is 4. The Morgan fingerprint density at radius 3 is 2.25 bits per heavy atom. The molecule has 0 radical (unpaired) electrons. The molecule has 1 saturated carbocycles. The number of nitrogens with zero attached hydrogens (tertiary/aromatic N) is 3. The number of carbonyl (C=O) groups is 2. The van der Waals surface area contributed by atoms with E-state index in [0.29, 0.717) is 11.3 Å². The highest BCUT2D eigenvalue weighted by Crippen LogP contribution is 2.37. The maximum absolute atomic E-state index is 13.6. The van der Waals surface area contributed by atoms with E-state index < -0.39 is 0 Å². The van der Waals surface area contributed by atoms with Crippen molar-refractivity contribution in [3.8, 4) is 0 Å². The third-order valence-corrected chi connectivity index (χ3v) is 7.32. The average molecular weight is 402 g/mol. The van der Waals surface area contributed by atoms with Gasteiger partial charge in [0.1, 0.15) is 5.70 Å². The van der Waals surface area contributed by atoms with Crippen LogP contribution in [0.3, 0.4) is 0 Å². The second-order valence-corrected chi connectivity index (χ2v) is 9.05. The van der Waals surface area contributed by atoms with E-state index in [1.165, 1.54) is 19.3 Å². The highest BCUT2D eigenvalue weighted by molar-refractivity contribution is 7.11. The zero-order valence-corrected chi connectivity index (χ0v) is 17.7. The Morgan fingerprint density at radius 1 is 0.964 bits per heavy atom. The third-order valence-electron chi connectivity index (χ3n) is 6.43. The first-order chi connectivity index (χ1) is 13.7. The minimum Gasteiger partial charge on any atom is -0.364 e. The van der Waals surface area contributed by atoms with E-state index in [0.717, 1.165) is 63.3 Å². The van der Waals surface area contributed by atoms with Gasteiger partial charge in [-0.15, -0.1) is 11.3 Å². The lowest BCUT2D eigenvalue weighted by molar-refractivity contribution is -0.140. The first-order valence-corrected chi connectivity index (χ1v) is 11.7. The van der Waals surface area contributed by atoms with Crippen LogP contribution >= 0.6 is 11.3 Å². The van der Waals surface area contributed by atoms with Gasteiger partial charge in [-0.25, -0.2) is 0 Å². The molecule has 3 heterocycles. The van der Waals surface area contributed by atoms with Gasteiger partial charge in [-0.3, -0.25) is 14.5 Å². The maximum Gasteiger partial charge on any atom is 0.278 e. The molecule has 2 aliphatic heterocycles. The van der Waals surface area contributed by atoms with Gasteiger partial charge in [0.25, 0.3) is 11.8 Å². The lowest BCUT2D eigenvalue weighted by Gasteiger charge is -2.36. The van der Waals surface area contributed by atoms with Crippen molar-refractivity contribution in [1.82, 2.24) is 14.7 Å². The molecule has 152 valence electrons. The number of likely N-dealkylation sites (N-methyl/N-ethyl adjacent to an activating group) is 1. The molecule has 6 heteroatoms. The van der Waals surface area contributed by atoms with Crippen LogP contribution in [0.15, 0.2) is 23.2 Å². The van der Waals surface area contributed by atoms with Gasteiger partial charge in [0.2, 0.25) is 0 Å². The van der Waals surface area contributed by atoms with E-state index in [1.807, 2.05) is 17.5 Å². The fourth-order valence-corrected chi connectivity index (χ4v) is 5.55. The van der Waals surface area contributed by atoms with Gasteiger partial charge in [-0.2, -0.15) is 0 Å². The number of piperazine rings is 1. The molecule has 1 aliphatic carbocycles. The smallest absolute Gasteiger partial charge is 0.278 e. The molecule has 0 aromatic carbocycles. The highest BCUT2D eigenvalue weighted by atomic mass is 32.1. The lowest BCUT2D eigenvalue weighted by atomic mass is 9.95. The SMILES string of the molecule is CCN1CCN(C2=C(c3cccs3)C(=O)N(C3CCCCCCC3)C2=O)CC1. The Labute approximate surface area is 172 Å². The number of hydrogen-bond donors (Lipinski definition) is 0. The molecule has 0 spiro atoms. The molecule has 1 aromatic heterocycles. The summed E-state index contributed by atoms with van der Waals surface area (Å²) in [5.41, 5.74) is 1.30. The second-order valence-electron chi connectivity index (χ2n) is 8.10. The van der Waals surface area contributed by atoms with E-state index in [-0.39, 0.29) is 17.9 Å². The van der Waals surface area contributed by atoms with Crippen LogP contribution in [0.1, 0.15) is 56.7 Å². The maximum atomic E-state index is 13.6. The number of hydrogen-bond acceptors (Lipinski definition) is 5. The fourth-order valence-electron chi connectivity index (χ4n) is 4.78. The molecule has 4 rings (SSSR count). The highest BCUT2D eigenvalue weighted by Gasteiger charge is 2.45. The molecule has 0 unspecified atom stereocenters. The summed E-state index contributed by atoms with van der Waals surface area (Å²) in [7, 11) is 0. The Bertz CT molecular complexity index is 727. The first kappa shape index (κ1) is 19.6. The Hall–Kier alpha value is -1.66. The molecule has 1 aromatic rings. The quantitative estimate of drug-likeness (QED) is 0.724. The zero-order valence-electron chi connectivity index (χ0n) is 16.9. The summed E-state index contributed by atoms with van der Waals surface area (Å²) < 4.78 is 0. The van der Waals surface area contributed by atoms with Crippen LogP contribution in [-0.2, 0) is 9.59 Å². The van der Waals surface area contributed by atoms with Gasteiger partial charge < -0.3 is 9.80 Å². The number of imide groups is 1. The predicted octanol–water partition coefficient (Wildman–Crippen LogP) is 3.58. The van der Waals surface area contributed by atoms with Crippen LogP contribution in [0.25, 0.3) is 5.57 Å². The average Bonchev–Trinajstić information content (AvgIpc) is 3.29. The van der Waals surface area contributed by atoms with Crippen LogP contribution in [0.5, 0.6) is 0 Å². The molecule has 0 N–H and O–H groups in total. The molecular formula is C22H31N3O2S.